The maximum absolute atomic E-state index is 7.14. The molecule has 1 aromatic carbocycles. The SMILES string of the molecule is CC(C)[Si](Cl)(c1ccc([Si](Cl)(C(C)C)C(C)C)cc1)C(C)C. The molecule has 0 nitrogen and oxygen atoms in total. The zero-order chi connectivity index (χ0) is 17.3. The lowest BCUT2D eigenvalue weighted by atomic mass is 10.4. The fourth-order valence-corrected chi connectivity index (χ4v) is 11.1. The summed E-state index contributed by atoms with van der Waals surface area (Å²) in [5.74, 6) is 0. The molecule has 4 heteroatoms. The Morgan fingerprint density at radius 1 is 0.545 bits per heavy atom. The molecule has 0 aliphatic heterocycles. The van der Waals surface area contributed by atoms with Gasteiger partial charge in [-0.1, -0.05) is 79.7 Å². The summed E-state index contributed by atoms with van der Waals surface area (Å²) in [6.07, 6.45) is 0. The normalized spacial score (nSPS) is 13.7. The first-order valence-corrected chi connectivity index (χ1v) is 14.8. The predicted molar refractivity (Wildman–Crippen MR) is 109 cm³/mol. The van der Waals surface area contributed by atoms with Gasteiger partial charge in [0.1, 0.15) is 0 Å². The van der Waals surface area contributed by atoms with Gasteiger partial charge in [-0.25, -0.2) is 0 Å². The molecule has 22 heavy (non-hydrogen) atoms. The van der Waals surface area contributed by atoms with Crippen LogP contribution in [0.5, 0.6) is 0 Å². The first-order valence-electron chi connectivity index (χ1n) is 8.47. The summed E-state index contributed by atoms with van der Waals surface area (Å²) in [5.41, 5.74) is 2.09. The van der Waals surface area contributed by atoms with Crippen LogP contribution in [0.1, 0.15) is 55.4 Å². The quantitative estimate of drug-likeness (QED) is 0.416. The molecule has 0 saturated carbocycles. The summed E-state index contributed by atoms with van der Waals surface area (Å²) in [4.78, 5) is 0. The minimum absolute atomic E-state index is 0.521. The largest absolute Gasteiger partial charge is 0.191 e. The van der Waals surface area contributed by atoms with Crippen LogP contribution in [0.2, 0.25) is 22.2 Å². The van der Waals surface area contributed by atoms with Gasteiger partial charge < -0.3 is 0 Å². The Bertz CT molecular complexity index is 417. The Hall–Kier alpha value is 0.234. The van der Waals surface area contributed by atoms with Crippen molar-refractivity contribution in [3.05, 3.63) is 24.3 Å². The zero-order valence-electron chi connectivity index (χ0n) is 15.4. The molecular weight excluding hydrogens is 343 g/mol. The summed E-state index contributed by atoms with van der Waals surface area (Å²) in [5, 5.41) is 2.70. The van der Waals surface area contributed by atoms with Crippen LogP contribution in [0.15, 0.2) is 24.3 Å². The van der Waals surface area contributed by atoms with Gasteiger partial charge in [0.15, 0.2) is 14.8 Å². The van der Waals surface area contributed by atoms with Crippen LogP contribution < -0.4 is 10.4 Å². The highest BCUT2D eigenvalue weighted by Crippen LogP contribution is 2.37. The summed E-state index contributed by atoms with van der Waals surface area (Å²) in [6.45, 7) is 18.1. The van der Waals surface area contributed by atoms with E-state index in [4.69, 9.17) is 22.2 Å². The van der Waals surface area contributed by atoms with E-state index in [1.54, 1.807) is 0 Å². The van der Waals surface area contributed by atoms with Gasteiger partial charge in [0.05, 0.1) is 0 Å². The highest BCUT2D eigenvalue weighted by molar-refractivity contribution is 7.29. The van der Waals surface area contributed by atoms with Gasteiger partial charge in [0, 0.05) is 0 Å². The number of hydrogen-bond donors (Lipinski definition) is 0. The maximum atomic E-state index is 7.14. The number of rotatable bonds is 6. The monoisotopic (exact) mass is 374 g/mol. The topological polar surface area (TPSA) is 0 Å². The zero-order valence-corrected chi connectivity index (χ0v) is 18.9. The second kappa shape index (κ2) is 7.42. The predicted octanol–water partition coefficient (Wildman–Crippen LogP) is 6.11. The van der Waals surface area contributed by atoms with Crippen LogP contribution in [-0.2, 0) is 0 Å². The fraction of sp³-hybridized carbons (Fsp3) is 0.667. The molecule has 0 radical (unpaired) electrons. The Morgan fingerprint density at radius 2 is 0.727 bits per heavy atom. The van der Waals surface area contributed by atoms with Crippen molar-refractivity contribution in [3.63, 3.8) is 0 Å². The van der Waals surface area contributed by atoms with Crippen molar-refractivity contribution >= 4 is 47.3 Å². The van der Waals surface area contributed by atoms with E-state index in [0.717, 1.165) is 0 Å². The van der Waals surface area contributed by atoms with E-state index < -0.39 is 14.8 Å². The van der Waals surface area contributed by atoms with Crippen molar-refractivity contribution in [2.45, 2.75) is 77.6 Å². The lowest BCUT2D eigenvalue weighted by Gasteiger charge is -2.35. The van der Waals surface area contributed by atoms with Crippen molar-refractivity contribution in [2.24, 2.45) is 0 Å². The molecule has 0 spiro atoms. The third-order valence-corrected chi connectivity index (χ3v) is 20.8. The molecule has 1 rings (SSSR count). The fourth-order valence-electron chi connectivity index (χ4n) is 3.65. The Balaban J connectivity index is 3.30. The van der Waals surface area contributed by atoms with Crippen LogP contribution in [0.25, 0.3) is 0 Å². The highest BCUT2D eigenvalue weighted by Gasteiger charge is 2.42. The van der Waals surface area contributed by atoms with Crippen LogP contribution in [0, 0.1) is 0 Å². The molecule has 126 valence electrons. The van der Waals surface area contributed by atoms with Gasteiger partial charge in [-0.2, -0.15) is 22.2 Å². The van der Waals surface area contributed by atoms with E-state index >= 15 is 0 Å². The lowest BCUT2D eigenvalue weighted by molar-refractivity contribution is 0.938. The summed E-state index contributed by atoms with van der Waals surface area (Å²) in [6, 6.07) is 9.07. The third-order valence-electron chi connectivity index (χ3n) is 5.13. The molecule has 0 aliphatic carbocycles. The molecule has 0 fully saturated rings. The van der Waals surface area contributed by atoms with Gasteiger partial charge in [-0.15, -0.1) is 0 Å². The van der Waals surface area contributed by atoms with Crippen LogP contribution in [0.4, 0.5) is 0 Å². The van der Waals surface area contributed by atoms with E-state index in [-0.39, 0.29) is 0 Å². The average Bonchev–Trinajstić information content (AvgIpc) is 2.44. The summed E-state index contributed by atoms with van der Waals surface area (Å²) >= 11 is 14.3. The minimum atomic E-state index is -1.97. The summed E-state index contributed by atoms with van der Waals surface area (Å²) in [7, 11) is -3.94. The molecule has 0 amide bonds. The molecule has 0 N–H and O–H groups in total. The van der Waals surface area contributed by atoms with E-state index in [0.29, 0.717) is 22.2 Å². The van der Waals surface area contributed by atoms with Crippen LogP contribution in [-0.4, -0.2) is 14.8 Å². The lowest BCUT2D eigenvalue weighted by Crippen LogP contribution is -2.51. The Morgan fingerprint density at radius 3 is 0.864 bits per heavy atom. The summed E-state index contributed by atoms with van der Waals surface area (Å²) < 4.78 is 0. The maximum Gasteiger partial charge on any atom is 0.191 e. The molecular formula is C18H32Cl2Si2. The van der Waals surface area contributed by atoms with Crippen LogP contribution >= 0.6 is 22.2 Å². The third kappa shape index (κ3) is 3.50. The molecule has 0 unspecified atom stereocenters. The first-order chi connectivity index (χ1) is 9.98. The number of halogens is 2. The molecule has 0 saturated heterocycles. The van der Waals surface area contributed by atoms with E-state index in [1.165, 1.54) is 10.4 Å². The standard InChI is InChI=1S/C18H32Cl2Si2/c1-13(2)21(19,14(3)4)17-9-11-18(12-10-17)22(20,15(5)6)16(7)8/h9-16H,1-8H3. The van der Waals surface area contributed by atoms with Gasteiger partial charge in [0.25, 0.3) is 0 Å². The van der Waals surface area contributed by atoms with Gasteiger partial charge in [-0.3, -0.25) is 0 Å². The van der Waals surface area contributed by atoms with E-state index in [2.05, 4.69) is 79.7 Å². The van der Waals surface area contributed by atoms with E-state index in [9.17, 15) is 0 Å². The Kier molecular flexibility index (Phi) is 6.84. The molecule has 0 atom stereocenters. The van der Waals surface area contributed by atoms with Crippen LogP contribution in [0.3, 0.4) is 0 Å². The van der Waals surface area contributed by atoms with Crippen molar-refractivity contribution in [3.8, 4) is 0 Å². The van der Waals surface area contributed by atoms with Gasteiger partial charge >= 0.3 is 0 Å². The first kappa shape index (κ1) is 20.3. The van der Waals surface area contributed by atoms with Gasteiger partial charge in [0.2, 0.25) is 0 Å². The number of benzene rings is 1. The molecule has 0 aromatic heterocycles. The highest BCUT2D eigenvalue weighted by atomic mass is 35.6. The van der Waals surface area contributed by atoms with Crippen molar-refractivity contribution in [1.29, 1.82) is 0 Å². The second-order valence-electron chi connectivity index (χ2n) is 7.73. The van der Waals surface area contributed by atoms with Crippen molar-refractivity contribution in [2.75, 3.05) is 0 Å². The Labute approximate surface area is 149 Å². The average molecular weight is 376 g/mol. The minimum Gasteiger partial charge on any atom is -0.160 e. The van der Waals surface area contributed by atoms with Crippen molar-refractivity contribution in [1.82, 2.24) is 0 Å². The second-order valence-corrected chi connectivity index (χ2v) is 20.3. The van der Waals surface area contributed by atoms with E-state index in [1.807, 2.05) is 0 Å². The smallest absolute Gasteiger partial charge is 0.160 e. The van der Waals surface area contributed by atoms with Crippen molar-refractivity contribution < 1.29 is 0 Å². The number of hydrogen-bond acceptors (Lipinski definition) is 0. The molecule has 0 bridgehead atoms. The molecule has 0 aliphatic rings. The molecule has 1 aromatic rings. The molecule has 0 heterocycles. The van der Waals surface area contributed by atoms with Gasteiger partial charge in [-0.05, 0) is 32.5 Å².